The van der Waals surface area contributed by atoms with Crippen LogP contribution in [0.1, 0.15) is 34.1 Å². The van der Waals surface area contributed by atoms with Crippen molar-refractivity contribution in [1.29, 1.82) is 0 Å². The average molecular weight is 294 g/mol. The van der Waals surface area contributed by atoms with Gasteiger partial charge in [0, 0.05) is 16.3 Å². The number of nitrogens with zero attached hydrogens (tertiary/aromatic N) is 1. The molecule has 0 aromatic heterocycles. The average Bonchev–Trinajstić information content (AvgIpc) is 2.42. The predicted molar refractivity (Wildman–Crippen MR) is 90.1 cm³/mol. The van der Waals surface area contributed by atoms with Gasteiger partial charge in [-0.3, -0.25) is 4.31 Å². The molecule has 0 N–H and O–H groups in total. The van der Waals surface area contributed by atoms with Crippen LogP contribution >= 0.6 is 23.7 Å². The molecular formula is C16H23NS2. The zero-order chi connectivity index (χ0) is 14.3. The second-order valence-corrected chi connectivity index (χ2v) is 6.62. The van der Waals surface area contributed by atoms with Crippen molar-refractivity contribution in [1.82, 2.24) is 4.31 Å². The molecule has 1 nitrogen and oxygen atoms in total. The van der Waals surface area contributed by atoms with Gasteiger partial charge in [-0.25, -0.2) is 0 Å². The molecule has 0 saturated heterocycles. The Morgan fingerprint density at radius 1 is 1.16 bits per heavy atom. The van der Waals surface area contributed by atoms with E-state index < -0.39 is 0 Å². The molecule has 0 spiro atoms. The Balaban J connectivity index is 2.99. The van der Waals surface area contributed by atoms with Gasteiger partial charge in [-0.05, 0) is 49.9 Å². The monoisotopic (exact) mass is 293 g/mol. The number of rotatable bonds is 7. The number of allylic oxidation sites excluding steroid dienone is 2. The largest absolute Gasteiger partial charge is 0.283 e. The van der Waals surface area contributed by atoms with E-state index in [2.05, 4.69) is 68.9 Å². The Morgan fingerprint density at radius 2 is 1.79 bits per heavy atom. The minimum atomic E-state index is 0.971. The Kier molecular flexibility index (Phi) is 7.17. The van der Waals surface area contributed by atoms with E-state index in [9.17, 15) is 0 Å². The number of benzene rings is 1. The fraction of sp³-hybridized carbons (Fsp3) is 0.375. The lowest BCUT2D eigenvalue weighted by Crippen LogP contribution is -2.13. The van der Waals surface area contributed by atoms with E-state index in [0.717, 1.165) is 17.9 Å². The first-order valence-corrected chi connectivity index (χ1v) is 8.37. The first-order valence-electron chi connectivity index (χ1n) is 6.61. The van der Waals surface area contributed by atoms with Crippen LogP contribution < -0.4 is 0 Å². The molecule has 1 aromatic carbocycles. The smallest absolute Gasteiger partial charge is 0.0888 e. The van der Waals surface area contributed by atoms with E-state index in [1.54, 1.807) is 0 Å². The minimum absolute atomic E-state index is 0.971. The van der Waals surface area contributed by atoms with Gasteiger partial charge in [-0.1, -0.05) is 50.4 Å². The third-order valence-electron chi connectivity index (χ3n) is 2.52. The van der Waals surface area contributed by atoms with E-state index in [1.165, 1.54) is 15.5 Å². The van der Waals surface area contributed by atoms with Crippen LogP contribution in [-0.4, -0.2) is 10.1 Å². The highest BCUT2D eigenvalue weighted by Crippen LogP contribution is 2.38. The van der Waals surface area contributed by atoms with Gasteiger partial charge in [-0.2, -0.15) is 0 Å². The summed E-state index contributed by atoms with van der Waals surface area (Å²) in [6.45, 7) is 12.9. The molecule has 104 valence electrons. The lowest BCUT2D eigenvalue weighted by atomic mass is 10.3. The zero-order valence-electron chi connectivity index (χ0n) is 12.3. The summed E-state index contributed by atoms with van der Waals surface area (Å²) >= 11 is 3.63. The molecule has 1 rings (SSSR count). The third kappa shape index (κ3) is 5.00. The fourth-order valence-electron chi connectivity index (χ4n) is 1.51. The van der Waals surface area contributed by atoms with Crippen LogP contribution in [0, 0.1) is 0 Å². The van der Waals surface area contributed by atoms with Crippen molar-refractivity contribution >= 4 is 23.7 Å². The number of hydrogen-bond acceptors (Lipinski definition) is 3. The van der Waals surface area contributed by atoms with Crippen LogP contribution in [0.4, 0.5) is 0 Å². The SMILES string of the molecule is C=C(CC)N(SCC)C(Sc1ccccc1)=C(C)C. The second-order valence-electron chi connectivity index (χ2n) is 4.35. The molecule has 0 unspecified atom stereocenters. The van der Waals surface area contributed by atoms with Crippen molar-refractivity contribution in [3.05, 3.63) is 53.2 Å². The van der Waals surface area contributed by atoms with E-state index in [-0.39, 0.29) is 0 Å². The van der Waals surface area contributed by atoms with Gasteiger partial charge in [0.15, 0.2) is 0 Å². The Bertz CT molecular complexity index is 433. The summed E-state index contributed by atoms with van der Waals surface area (Å²) in [5, 5.41) is 1.28. The topological polar surface area (TPSA) is 3.24 Å². The van der Waals surface area contributed by atoms with Crippen LogP contribution in [0.15, 0.2) is 58.1 Å². The van der Waals surface area contributed by atoms with Crippen LogP contribution in [0.5, 0.6) is 0 Å². The summed E-state index contributed by atoms with van der Waals surface area (Å²) in [5.74, 6) is 1.05. The van der Waals surface area contributed by atoms with Crippen molar-refractivity contribution in [3.8, 4) is 0 Å². The van der Waals surface area contributed by atoms with Crippen molar-refractivity contribution in [2.24, 2.45) is 0 Å². The molecule has 0 heterocycles. The van der Waals surface area contributed by atoms with Gasteiger partial charge in [0.25, 0.3) is 0 Å². The maximum Gasteiger partial charge on any atom is 0.0888 e. The van der Waals surface area contributed by atoms with Crippen LogP contribution in [0.25, 0.3) is 0 Å². The molecule has 0 radical (unpaired) electrons. The summed E-state index contributed by atoms with van der Waals surface area (Å²) in [6, 6.07) is 10.5. The third-order valence-corrected chi connectivity index (χ3v) is 4.89. The highest BCUT2D eigenvalue weighted by Gasteiger charge is 2.15. The van der Waals surface area contributed by atoms with Crippen molar-refractivity contribution in [2.75, 3.05) is 5.75 Å². The maximum atomic E-state index is 4.19. The standard InChI is InChI=1S/C16H23NS2/c1-6-14(5)17(18-7-2)16(13(3)4)19-15-11-9-8-10-12-15/h8-12H,5-7H2,1-4H3. The molecule has 0 aliphatic carbocycles. The van der Waals surface area contributed by atoms with Gasteiger partial charge in [0.1, 0.15) is 0 Å². The maximum absolute atomic E-state index is 4.19. The molecule has 0 bridgehead atoms. The molecule has 3 heteroatoms. The van der Waals surface area contributed by atoms with E-state index in [0.29, 0.717) is 0 Å². The molecule has 0 saturated carbocycles. The van der Waals surface area contributed by atoms with Gasteiger partial charge in [0.2, 0.25) is 0 Å². The van der Waals surface area contributed by atoms with E-state index >= 15 is 0 Å². The first-order chi connectivity index (χ1) is 9.10. The van der Waals surface area contributed by atoms with Crippen LogP contribution in [0.2, 0.25) is 0 Å². The highest BCUT2D eigenvalue weighted by molar-refractivity contribution is 8.04. The first kappa shape index (κ1) is 16.3. The predicted octanol–water partition coefficient (Wildman–Crippen LogP) is 5.92. The fourth-order valence-corrected chi connectivity index (χ4v) is 3.59. The Labute approximate surface area is 126 Å². The molecule has 0 aliphatic rings. The summed E-state index contributed by atoms with van der Waals surface area (Å²) in [4.78, 5) is 1.27. The zero-order valence-corrected chi connectivity index (χ0v) is 13.9. The normalized spacial score (nSPS) is 10.1. The molecule has 0 amide bonds. The summed E-state index contributed by atoms with van der Waals surface area (Å²) in [5.41, 5.74) is 2.48. The van der Waals surface area contributed by atoms with Gasteiger partial charge in [0.05, 0.1) is 5.03 Å². The molecule has 0 fully saturated rings. The van der Waals surface area contributed by atoms with Crippen molar-refractivity contribution in [3.63, 3.8) is 0 Å². The van der Waals surface area contributed by atoms with Gasteiger partial charge >= 0.3 is 0 Å². The molecule has 1 aromatic rings. The van der Waals surface area contributed by atoms with Crippen molar-refractivity contribution in [2.45, 2.75) is 39.0 Å². The number of thioether (sulfide) groups is 1. The van der Waals surface area contributed by atoms with E-state index in [1.807, 2.05) is 23.7 Å². The van der Waals surface area contributed by atoms with Gasteiger partial charge < -0.3 is 0 Å². The Hall–Kier alpha value is -0.800. The lowest BCUT2D eigenvalue weighted by molar-refractivity contribution is 0.706. The van der Waals surface area contributed by atoms with Crippen molar-refractivity contribution < 1.29 is 0 Å². The van der Waals surface area contributed by atoms with Crippen LogP contribution in [0.3, 0.4) is 0 Å². The quantitative estimate of drug-likeness (QED) is 0.453. The van der Waals surface area contributed by atoms with Crippen LogP contribution in [-0.2, 0) is 0 Å². The Morgan fingerprint density at radius 3 is 2.26 bits per heavy atom. The molecule has 0 atom stereocenters. The minimum Gasteiger partial charge on any atom is -0.283 e. The lowest BCUT2D eigenvalue weighted by Gasteiger charge is -2.27. The van der Waals surface area contributed by atoms with Gasteiger partial charge in [-0.15, -0.1) is 0 Å². The summed E-state index contributed by atoms with van der Waals surface area (Å²) < 4.78 is 2.28. The molecular weight excluding hydrogens is 270 g/mol. The van der Waals surface area contributed by atoms with E-state index in [4.69, 9.17) is 0 Å². The summed E-state index contributed by atoms with van der Waals surface area (Å²) in [7, 11) is 0. The second kappa shape index (κ2) is 8.39. The number of hydrogen-bond donors (Lipinski definition) is 0. The highest BCUT2D eigenvalue weighted by atomic mass is 32.2. The molecule has 19 heavy (non-hydrogen) atoms. The molecule has 0 aliphatic heterocycles. The summed E-state index contributed by atoms with van der Waals surface area (Å²) in [6.07, 6.45) is 0.971.